The summed E-state index contributed by atoms with van der Waals surface area (Å²) < 4.78 is 5.47. The number of nitrogens with one attached hydrogen (secondary N) is 1. The predicted molar refractivity (Wildman–Crippen MR) is 117 cm³/mol. The second-order valence-electron chi connectivity index (χ2n) is 7.26. The average Bonchev–Trinajstić information content (AvgIpc) is 2.71. The van der Waals surface area contributed by atoms with Crippen molar-refractivity contribution in [2.24, 2.45) is 0 Å². The SMILES string of the molecule is CC1=C(C(=O)O)C(c2ccc(C)cc2)C(C(=O)OCC=Cc2ccccc2)=C(C)N1. The Morgan fingerprint density at radius 2 is 1.60 bits per heavy atom. The van der Waals surface area contributed by atoms with Crippen molar-refractivity contribution in [3.8, 4) is 0 Å². The van der Waals surface area contributed by atoms with Crippen molar-refractivity contribution in [1.29, 1.82) is 0 Å². The highest BCUT2D eigenvalue weighted by Crippen LogP contribution is 2.38. The van der Waals surface area contributed by atoms with Crippen LogP contribution in [-0.4, -0.2) is 23.7 Å². The number of hydrogen-bond donors (Lipinski definition) is 2. The monoisotopic (exact) mass is 403 g/mol. The zero-order valence-electron chi connectivity index (χ0n) is 17.3. The number of hydrogen-bond acceptors (Lipinski definition) is 4. The fourth-order valence-corrected chi connectivity index (χ4v) is 3.59. The van der Waals surface area contributed by atoms with Gasteiger partial charge in [0.2, 0.25) is 0 Å². The molecule has 0 aromatic heterocycles. The van der Waals surface area contributed by atoms with Gasteiger partial charge in [-0.25, -0.2) is 9.59 Å². The molecule has 0 aliphatic carbocycles. The van der Waals surface area contributed by atoms with Gasteiger partial charge >= 0.3 is 11.9 Å². The first-order valence-electron chi connectivity index (χ1n) is 9.75. The Bertz CT molecular complexity index is 1030. The Balaban J connectivity index is 1.87. The Hall–Kier alpha value is -3.60. The second kappa shape index (κ2) is 9.27. The van der Waals surface area contributed by atoms with E-state index in [1.54, 1.807) is 19.9 Å². The Morgan fingerprint density at radius 1 is 0.967 bits per heavy atom. The Kier molecular flexibility index (Phi) is 6.52. The third-order valence-corrected chi connectivity index (χ3v) is 5.04. The van der Waals surface area contributed by atoms with Gasteiger partial charge < -0.3 is 15.2 Å². The van der Waals surface area contributed by atoms with Crippen molar-refractivity contribution in [2.75, 3.05) is 6.61 Å². The molecule has 1 heterocycles. The minimum atomic E-state index is -1.06. The van der Waals surface area contributed by atoms with Crippen LogP contribution in [0.15, 0.2) is 83.2 Å². The molecule has 0 fully saturated rings. The number of allylic oxidation sites excluding steroid dienone is 2. The molecule has 0 radical (unpaired) electrons. The molecule has 154 valence electrons. The number of aryl methyl sites for hydroxylation is 1. The van der Waals surface area contributed by atoms with Gasteiger partial charge in [0.05, 0.1) is 17.1 Å². The van der Waals surface area contributed by atoms with Crippen LogP contribution in [0.5, 0.6) is 0 Å². The summed E-state index contributed by atoms with van der Waals surface area (Å²) >= 11 is 0. The van der Waals surface area contributed by atoms with E-state index in [1.165, 1.54) is 0 Å². The van der Waals surface area contributed by atoms with E-state index in [2.05, 4.69) is 5.32 Å². The zero-order chi connectivity index (χ0) is 21.7. The number of esters is 1. The molecule has 2 N–H and O–H groups in total. The van der Waals surface area contributed by atoms with Gasteiger partial charge in [-0.2, -0.15) is 0 Å². The number of carbonyl (C=O) groups is 2. The maximum Gasteiger partial charge on any atom is 0.337 e. The minimum Gasteiger partial charge on any atom is -0.478 e. The maximum absolute atomic E-state index is 13.0. The van der Waals surface area contributed by atoms with E-state index in [9.17, 15) is 14.7 Å². The molecule has 0 amide bonds. The van der Waals surface area contributed by atoms with Crippen molar-refractivity contribution in [2.45, 2.75) is 26.7 Å². The van der Waals surface area contributed by atoms with Crippen molar-refractivity contribution in [1.82, 2.24) is 5.32 Å². The lowest BCUT2D eigenvalue weighted by Crippen LogP contribution is -2.31. The molecule has 0 saturated heterocycles. The molecule has 0 bridgehead atoms. The molecule has 30 heavy (non-hydrogen) atoms. The normalized spacial score (nSPS) is 16.6. The van der Waals surface area contributed by atoms with Crippen LogP contribution in [0.4, 0.5) is 0 Å². The second-order valence-corrected chi connectivity index (χ2v) is 7.26. The first kappa shape index (κ1) is 21.1. The maximum atomic E-state index is 13.0. The smallest absolute Gasteiger partial charge is 0.337 e. The van der Waals surface area contributed by atoms with Crippen LogP contribution in [0.1, 0.15) is 36.5 Å². The fourth-order valence-electron chi connectivity index (χ4n) is 3.59. The van der Waals surface area contributed by atoms with Crippen molar-refractivity contribution >= 4 is 18.0 Å². The topological polar surface area (TPSA) is 75.6 Å². The van der Waals surface area contributed by atoms with Gasteiger partial charge in [0, 0.05) is 11.4 Å². The standard InChI is InChI=1S/C25H25NO4/c1-16-11-13-20(14-12-16)23-21(24(27)28)17(2)26-18(3)22(23)25(29)30-15-7-10-19-8-5-4-6-9-19/h4-14,23,26H,15H2,1-3H3,(H,27,28). The molecule has 0 spiro atoms. The minimum absolute atomic E-state index is 0.0935. The van der Waals surface area contributed by atoms with Gasteiger partial charge in [0.25, 0.3) is 0 Å². The van der Waals surface area contributed by atoms with Gasteiger partial charge in [-0.05, 0) is 38.0 Å². The van der Waals surface area contributed by atoms with E-state index in [4.69, 9.17) is 4.74 Å². The lowest BCUT2D eigenvalue weighted by atomic mass is 9.80. The number of ether oxygens (including phenoxy) is 1. The highest BCUT2D eigenvalue weighted by molar-refractivity contribution is 5.99. The van der Waals surface area contributed by atoms with E-state index in [-0.39, 0.29) is 12.2 Å². The van der Waals surface area contributed by atoms with Crippen LogP contribution in [0.25, 0.3) is 6.08 Å². The summed E-state index contributed by atoms with van der Waals surface area (Å²) in [5.74, 6) is -2.29. The zero-order valence-corrected chi connectivity index (χ0v) is 17.3. The van der Waals surface area contributed by atoms with Gasteiger partial charge in [0.1, 0.15) is 6.61 Å². The first-order valence-corrected chi connectivity index (χ1v) is 9.75. The van der Waals surface area contributed by atoms with Crippen LogP contribution >= 0.6 is 0 Å². The van der Waals surface area contributed by atoms with Crippen molar-refractivity contribution in [3.63, 3.8) is 0 Å². The molecule has 3 rings (SSSR count). The summed E-state index contributed by atoms with van der Waals surface area (Å²) in [6.45, 7) is 5.52. The van der Waals surface area contributed by atoms with Crippen LogP contribution in [0.2, 0.25) is 0 Å². The summed E-state index contributed by atoms with van der Waals surface area (Å²) in [7, 11) is 0. The largest absolute Gasteiger partial charge is 0.478 e. The molecule has 1 aliphatic rings. The molecule has 2 aromatic rings. The number of aliphatic carboxylic acids is 1. The number of rotatable bonds is 6. The van der Waals surface area contributed by atoms with E-state index in [0.29, 0.717) is 17.0 Å². The van der Waals surface area contributed by atoms with E-state index < -0.39 is 17.9 Å². The molecule has 0 saturated carbocycles. The molecule has 1 unspecified atom stereocenters. The highest BCUT2D eigenvalue weighted by atomic mass is 16.5. The summed E-state index contributed by atoms with van der Waals surface area (Å²) in [6, 6.07) is 17.2. The lowest BCUT2D eigenvalue weighted by molar-refractivity contribution is -0.138. The van der Waals surface area contributed by atoms with E-state index >= 15 is 0 Å². The number of dihydropyridines is 1. The van der Waals surface area contributed by atoms with Crippen molar-refractivity contribution < 1.29 is 19.4 Å². The first-order chi connectivity index (χ1) is 14.4. The number of benzene rings is 2. The number of carboxylic acids is 1. The highest BCUT2D eigenvalue weighted by Gasteiger charge is 2.37. The van der Waals surface area contributed by atoms with Gasteiger partial charge in [-0.1, -0.05) is 66.2 Å². The van der Waals surface area contributed by atoms with Crippen LogP contribution < -0.4 is 5.32 Å². The quantitative estimate of drug-likeness (QED) is 0.691. The van der Waals surface area contributed by atoms with Gasteiger partial charge in [0.15, 0.2) is 0 Å². The molecule has 1 atom stereocenters. The molecular weight excluding hydrogens is 378 g/mol. The van der Waals surface area contributed by atoms with E-state index in [1.807, 2.05) is 67.6 Å². The van der Waals surface area contributed by atoms with Crippen LogP contribution in [0, 0.1) is 6.92 Å². The third-order valence-electron chi connectivity index (χ3n) is 5.04. The van der Waals surface area contributed by atoms with E-state index in [0.717, 1.165) is 16.7 Å². The van der Waals surface area contributed by atoms with Crippen molar-refractivity contribution in [3.05, 3.63) is 99.9 Å². The van der Waals surface area contributed by atoms with Crippen LogP contribution in [0.3, 0.4) is 0 Å². The number of carbonyl (C=O) groups excluding carboxylic acids is 1. The Labute approximate surface area is 176 Å². The fraction of sp³-hybridized carbons (Fsp3) is 0.200. The van der Waals surface area contributed by atoms with Gasteiger partial charge in [-0.3, -0.25) is 0 Å². The lowest BCUT2D eigenvalue weighted by Gasteiger charge is -2.29. The average molecular weight is 403 g/mol. The Morgan fingerprint density at radius 3 is 2.23 bits per heavy atom. The third kappa shape index (κ3) is 4.69. The van der Waals surface area contributed by atoms with Crippen LogP contribution in [-0.2, 0) is 14.3 Å². The van der Waals surface area contributed by atoms with Gasteiger partial charge in [-0.15, -0.1) is 0 Å². The molecule has 5 heteroatoms. The summed E-state index contributed by atoms with van der Waals surface area (Å²) in [4.78, 5) is 25.0. The number of carboxylic acid groups (broad SMARTS) is 1. The summed E-state index contributed by atoms with van der Waals surface area (Å²) in [5, 5.41) is 12.9. The molecular formula is C25H25NO4. The molecule has 1 aliphatic heterocycles. The summed E-state index contributed by atoms with van der Waals surface area (Å²) in [6.07, 6.45) is 3.64. The molecule has 5 nitrogen and oxygen atoms in total. The predicted octanol–water partition coefficient (Wildman–Crippen LogP) is 4.57. The summed E-state index contributed by atoms with van der Waals surface area (Å²) in [5.41, 5.74) is 4.39. The molecule has 2 aromatic carbocycles.